The fourth-order valence-corrected chi connectivity index (χ4v) is 2.44. The molecule has 2 rings (SSSR count). The van der Waals surface area contributed by atoms with Crippen LogP contribution in [0.4, 0.5) is 10.1 Å². The van der Waals surface area contributed by atoms with E-state index in [-0.39, 0.29) is 27.8 Å². The van der Waals surface area contributed by atoms with Gasteiger partial charge in [0.1, 0.15) is 5.82 Å². The maximum Gasteiger partial charge on any atom is 0.171 e. The minimum Gasteiger partial charge on any atom is -0.350 e. The average molecular weight is 342 g/mol. The van der Waals surface area contributed by atoms with Crippen LogP contribution in [0.5, 0.6) is 0 Å². The van der Waals surface area contributed by atoms with E-state index in [2.05, 4.69) is 5.32 Å². The number of hydrogen-bond acceptors (Lipinski definition) is 2. The van der Waals surface area contributed by atoms with Crippen molar-refractivity contribution in [2.75, 3.05) is 5.32 Å². The Hall–Kier alpha value is -1.49. The minimum atomic E-state index is -0.689. The molecule has 0 radical (unpaired) electrons. The van der Waals surface area contributed by atoms with Gasteiger partial charge in [0.2, 0.25) is 0 Å². The van der Waals surface area contributed by atoms with Gasteiger partial charge in [-0.3, -0.25) is 4.79 Å². The summed E-state index contributed by atoms with van der Waals surface area (Å²) in [5.41, 5.74) is 0.847. The van der Waals surface area contributed by atoms with Gasteiger partial charge in [-0.2, -0.15) is 0 Å². The molecule has 0 spiro atoms. The van der Waals surface area contributed by atoms with Crippen LogP contribution in [0, 0.1) is 5.82 Å². The molecule has 6 heteroatoms. The summed E-state index contributed by atoms with van der Waals surface area (Å²) in [5, 5.41) is 2.92. The first kappa shape index (κ1) is 15.9. The number of hydrogen-bond donors (Lipinski definition) is 1. The lowest BCUT2D eigenvalue weighted by Crippen LogP contribution is -2.15. The monoisotopic (exact) mass is 341 g/mol. The van der Waals surface area contributed by atoms with Gasteiger partial charge in [0.15, 0.2) is 5.78 Å². The smallest absolute Gasteiger partial charge is 0.171 e. The normalized spacial score (nSPS) is 10.2. The molecular weight excluding hydrogens is 332 g/mol. The van der Waals surface area contributed by atoms with Crippen molar-refractivity contribution < 1.29 is 9.18 Å². The first-order valence-corrected chi connectivity index (χ1v) is 7.16. The quantitative estimate of drug-likeness (QED) is 0.474. The SMILES string of the molecule is O=C(CC(=S)Nc1ccccc1)c1cc(F)c(Cl)cc1Cl. The van der Waals surface area contributed by atoms with Gasteiger partial charge in [-0.15, -0.1) is 0 Å². The van der Waals surface area contributed by atoms with Crippen LogP contribution >= 0.6 is 35.4 Å². The molecule has 2 aromatic carbocycles. The Bertz CT molecular complexity index is 692. The van der Waals surface area contributed by atoms with Gasteiger partial charge in [-0.25, -0.2) is 4.39 Å². The standard InChI is InChI=1S/C15H10Cl2FNOS/c16-11-7-12(17)13(18)6-10(11)14(20)8-15(21)19-9-4-2-1-3-5-9/h1-7H,8H2,(H,19,21). The van der Waals surface area contributed by atoms with Crippen molar-refractivity contribution in [3.8, 4) is 0 Å². The summed E-state index contributed by atoms with van der Waals surface area (Å²) in [5.74, 6) is -1.06. The van der Waals surface area contributed by atoms with Crippen molar-refractivity contribution in [3.05, 3.63) is 63.9 Å². The number of carbonyl (C=O) groups is 1. The summed E-state index contributed by atoms with van der Waals surface area (Å²) in [7, 11) is 0. The number of thiocarbonyl (C=S) groups is 1. The third kappa shape index (κ3) is 4.24. The molecule has 0 atom stereocenters. The van der Waals surface area contributed by atoms with Gasteiger partial charge in [0, 0.05) is 11.3 Å². The Kier molecular flexibility index (Phi) is 5.28. The second kappa shape index (κ2) is 6.98. The number of halogens is 3. The van der Waals surface area contributed by atoms with E-state index in [1.165, 1.54) is 6.07 Å². The molecule has 2 nitrogen and oxygen atoms in total. The molecule has 108 valence electrons. The van der Waals surface area contributed by atoms with Crippen molar-refractivity contribution >= 4 is 51.9 Å². The number of Topliss-reactive ketones (excluding diaryl/α,β-unsaturated/α-hetero) is 1. The largest absolute Gasteiger partial charge is 0.350 e. The van der Waals surface area contributed by atoms with E-state index in [9.17, 15) is 9.18 Å². The van der Waals surface area contributed by atoms with E-state index in [1.54, 1.807) is 0 Å². The van der Waals surface area contributed by atoms with Gasteiger partial charge in [0.25, 0.3) is 0 Å². The highest BCUT2D eigenvalue weighted by atomic mass is 35.5. The number of nitrogens with one attached hydrogen (secondary N) is 1. The predicted molar refractivity (Wildman–Crippen MR) is 88.0 cm³/mol. The highest BCUT2D eigenvalue weighted by molar-refractivity contribution is 7.80. The average Bonchev–Trinajstić information content (AvgIpc) is 2.43. The highest BCUT2D eigenvalue weighted by Gasteiger charge is 2.15. The molecular formula is C15H10Cl2FNOS. The molecule has 0 unspecified atom stereocenters. The van der Waals surface area contributed by atoms with Crippen molar-refractivity contribution in [1.29, 1.82) is 0 Å². The molecule has 0 aliphatic rings. The molecule has 2 aromatic rings. The van der Waals surface area contributed by atoms with Crippen molar-refractivity contribution in [1.82, 2.24) is 0 Å². The maximum atomic E-state index is 13.4. The third-order valence-corrected chi connectivity index (χ3v) is 3.54. The number of ketones is 1. The number of rotatable bonds is 4. The third-order valence-electron chi connectivity index (χ3n) is 2.69. The lowest BCUT2D eigenvalue weighted by Gasteiger charge is -2.08. The zero-order valence-electron chi connectivity index (χ0n) is 10.7. The molecule has 0 fully saturated rings. The Morgan fingerprint density at radius 2 is 1.81 bits per heavy atom. The summed E-state index contributed by atoms with van der Waals surface area (Å²) < 4.78 is 13.4. The summed E-state index contributed by atoms with van der Waals surface area (Å²) in [6, 6.07) is 11.4. The van der Waals surface area contributed by atoms with Gasteiger partial charge < -0.3 is 5.32 Å². The van der Waals surface area contributed by atoms with E-state index < -0.39 is 5.82 Å². The zero-order chi connectivity index (χ0) is 15.4. The van der Waals surface area contributed by atoms with E-state index in [0.29, 0.717) is 4.99 Å². The molecule has 0 aliphatic carbocycles. The van der Waals surface area contributed by atoms with Crippen LogP contribution in [0.25, 0.3) is 0 Å². The minimum absolute atomic E-state index is 0.0645. The van der Waals surface area contributed by atoms with Gasteiger partial charge in [-0.1, -0.05) is 53.6 Å². The first-order valence-electron chi connectivity index (χ1n) is 6.00. The van der Waals surface area contributed by atoms with Crippen LogP contribution in [-0.2, 0) is 0 Å². The molecule has 0 aliphatic heterocycles. The fraction of sp³-hybridized carbons (Fsp3) is 0.0667. The Labute approximate surface area is 136 Å². The van der Waals surface area contributed by atoms with E-state index in [0.717, 1.165) is 11.8 Å². The topological polar surface area (TPSA) is 29.1 Å². The highest BCUT2D eigenvalue weighted by Crippen LogP contribution is 2.25. The Morgan fingerprint density at radius 3 is 2.48 bits per heavy atom. The fourth-order valence-electron chi connectivity index (χ4n) is 1.70. The van der Waals surface area contributed by atoms with Crippen LogP contribution in [0.15, 0.2) is 42.5 Å². The summed E-state index contributed by atoms with van der Waals surface area (Å²) >= 11 is 16.6. The summed E-state index contributed by atoms with van der Waals surface area (Å²) in [4.78, 5) is 12.4. The lowest BCUT2D eigenvalue weighted by molar-refractivity contribution is 0.100. The van der Waals surface area contributed by atoms with Crippen molar-refractivity contribution in [3.63, 3.8) is 0 Å². The van der Waals surface area contributed by atoms with E-state index >= 15 is 0 Å². The van der Waals surface area contributed by atoms with Crippen LogP contribution < -0.4 is 5.32 Å². The van der Waals surface area contributed by atoms with Crippen LogP contribution in [-0.4, -0.2) is 10.8 Å². The number of anilines is 1. The zero-order valence-corrected chi connectivity index (χ0v) is 13.0. The van der Waals surface area contributed by atoms with E-state index in [1.807, 2.05) is 30.3 Å². The predicted octanol–water partition coefficient (Wildman–Crippen LogP) is 5.14. The van der Waals surface area contributed by atoms with E-state index in [4.69, 9.17) is 35.4 Å². The molecule has 0 saturated heterocycles. The molecule has 0 saturated carbocycles. The van der Waals surface area contributed by atoms with Gasteiger partial charge >= 0.3 is 0 Å². The summed E-state index contributed by atoms with van der Waals surface area (Å²) in [6.45, 7) is 0. The molecule has 0 amide bonds. The van der Waals surface area contributed by atoms with Crippen molar-refractivity contribution in [2.24, 2.45) is 0 Å². The molecule has 0 bridgehead atoms. The van der Waals surface area contributed by atoms with Gasteiger partial charge in [0.05, 0.1) is 21.5 Å². The number of benzene rings is 2. The van der Waals surface area contributed by atoms with Crippen LogP contribution in [0.1, 0.15) is 16.8 Å². The Balaban J connectivity index is 2.08. The summed E-state index contributed by atoms with van der Waals surface area (Å²) in [6.07, 6.45) is -0.0645. The van der Waals surface area contributed by atoms with Crippen LogP contribution in [0.2, 0.25) is 10.0 Å². The number of carbonyl (C=O) groups excluding carboxylic acids is 1. The van der Waals surface area contributed by atoms with Crippen LogP contribution in [0.3, 0.4) is 0 Å². The first-order chi connectivity index (χ1) is 9.97. The maximum absolute atomic E-state index is 13.4. The molecule has 0 heterocycles. The molecule has 1 N–H and O–H groups in total. The van der Waals surface area contributed by atoms with Crippen molar-refractivity contribution in [2.45, 2.75) is 6.42 Å². The van der Waals surface area contributed by atoms with Gasteiger partial charge in [-0.05, 0) is 24.3 Å². The second-order valence-electron chi connectivity index (χ2n) is 4.26. The molecule has 21 heavy (non-hydrogen) atoms. The Morgan fingerprint density at radius 1 is 1.14 bits per heavy atom. The molecule has 0 aromatic heterocycles. The second-order valence-corrected chi connectivity index (χ2v) is 5.57. The number of para-hydroxylation sites is 1. The lowest BCUT2D eigenvalue weighted by atomic mass is 10.1.